The molecule has 0 fully saturated rings. The molecule has 1 aromatic carbocycles. The fraction of sp³-hybridized carbons (Fsp3) is 0.143. The van der Waals surface area contributed by atoms with E-state index in [4.69, 9.17) is 0 Å². The third kappa shape index (κ3) is 3.07. The largest absolute Gasteiger partial charge is 0.465 e. The summed E-state index contributed by atoms with van der Waals surface area (Å²) in [6, 6.07) is 7.88. The number of nitrogens with zero attached hydrogens (tertiary/aromatic N) is 1. The summed E-state index contributed by atoms with van der Waals surface area (Å²) in [5.41, 5.74) is 1.52. The number of anilines is 2. The van der Waals surface area contributed by atoms with Crippen LogP contribution in [0.5, 0.6) is 0 Å². The summed E-state index contributed by atoms with van der Waals surface area (Å²) in [6.45, 7) is 1.69. The lowest BCUT2D eigenvalue weighted by Crippen LogP contribution is -2.03. The highest BCUT2D eigenvalue weighted by Crippen LogP contribution is 2.18. The summed E-state index contributed by atoms with van der Waals surface area (Å²) in [6.07, 6.45) is 1.49. The van der Waals surface area contributed by atoms with E-state index in [9.17, 15) is 9.18 Å². The van der Waals surface area contributed by atoms with E-state index in [1.54, 1.807) is 31.2 Å². The van der Waals surface area contributed by atoms with Crippen LogP contribution in [0.25, 0.3) is 0 Å². The predicted molar refractivity (Wildman–Crippen MR) is 70.0 cm³/mol. The van der Waals surface area contributed by atoms with Gasteiger partial charge in [0.05, 0.1) is 12.7 Å². The van der Waals surface area contributed by atoms with Crippen molar-refractivity contribution in [1.29, 1.82) is 0 Å². The Bertz CT molecular complexity index is 614. The number of nitrogens with one attached hydrogen (secondary N) is 1. The smallest absolute Gasteiger partial charge is 0.338 e. The average Bonchev–Trinajstić information content (AvgIpc) is 2.42. The Morgan fingerprint density at radius 2 is 2.11 bits per heavy atom. The third-order valence-electron chi connectivity index (χ3n) is 2.63. The third-order valence-corrected chi connectivity index (χ3v) is 2.63. The van der Waals surface area contributed by atoms with Crippen molar-refractivity contribution in [2.45, 2.75) is 6.92 Å². The second kappa shape index (κ2) is 5.48. The summed E-state index contributed by atoms with van der Waals surface area (Å²) in [5, 5.41) is 2.93. The number of halogens is 1. The van der Waals surface area contributed by atoms with Gasteiger partial charge in [-0.15, -0.1) is 0 Å². The van der Waals surface area contributed by atoms with Crippen LogP contribution in [-0.4, -0.2) is 18.1 Å². The zero-order valence-electron chi connectivity index (χ0n) is 10.6. The number of carbonyl (C=O) groups is 1. The molecular formula is C14H13FN2O2. The topological polar surface area (TPSA) is 51.2 Å². The van der Waals surface area contributed by atoms with Gasteiger partial charge >= 0.3 is 5.97 Å². The number of rotatable bonds is 3. The molecule has 2 aromatic rings. The minimum Gasteiger partial charge on any atom is -0.465 e. The maximum atomic E-state index is 13.4. The molecule has 0 saturated carbocycles. The van der Waals surface area contributed by atoms with Gasteiger partial charge < -0.3 is 10.1 Å². The van der Waals surface area contributed by atoms with Gasteiger partial charge in [-0.1, -0.05) is 6.07 Å². The second-order valence-electron chi connectivity index (χ2n) is 4.01. The first-order valence-corrected chi connectivity index (χ1v) is 5.67. The number of esters is 1. The Hall–Kier alpha value is -2.43. The number of hydrogen-bond acceptors (Lipinski definition) is 4. The number of benzene rings is 1. The molecule has 1 heterocycles. The number of carbonyl (C=O) groups excluding carboxylic acids is 1. The van der Waals surface area contributed by atoms with Gasteiger partial charge in [-0.05, 0) is 36.8 Å². The number of methoxy groups -OCH3 is 1. The second-order valence-corrected chi connectivity index (χ2v) is 4.01. The Kier molecular flexibility index (Phi) is 3.75. The molecule has 0 aliphatic heterocycles. The van der Waals surface area contributed by atoms with Crippen LogP contribution in [0.3, 0.4) is 0 Å². The molecule has 98 valence electrons. The summed E-state index contributed by atoms with van der Waals surface area (Å²) < 4.78 is 18.0. The molecule has 0 aliphatic carbocycles. The maximum absolute atomic E-state index is 13.4. The SMILES string of the molecule is COC(=O)c1ccnc(Nc2ccc(C)c(F)c2)c1. The molecule has 1 aromatic heterocycles. The van der Waals surface area contributed by atoms with E-state index in [1.807, 2.05) is 0 Å². The van der Waals surface area contributed by atoms with Gasteiger partial charge in [0, 0.05) is 11.9 Å². The Balaban J connectivity index is 2.23. The van der Waals surface area contributed by atoms with Crippen LogP contribution in [0.1, 0.15) is 15.9 Å². The molecule has 0 radical (unpaired) electrons. The highest BCUT2D eigenvalue weighted by Gasteiger charge is 2.07. The molecule has 0 unspecified atom stereocenters. The number of aryl methyl sites for hydroxylation is 1. The number of aromatic nitrogens is 1. The van der Waals surface area contributed by atoms with Crippen LogP contribution in [0.15, 0.2) is 36.5 Å². The van der Waals surface area contributed by atoms with Gasteiger partial charge in [0.15, 0.2) is 0 Å². The minimum atomic E-state index is -0.444. The highest BCUT2D eigenvalue weighted by atomic mass is 19.1. The molecule has 1 N–H and O–H groups in total. The van der Waals surface area contributed by atoms with Gasteiger partial charge in [-0.3, -0.25) is 0 Å². The molecule has 4 nitrogen and oxygen atoms in total. The van der Waals surface area contributed by atoms with Crippen LogP contribution >= 0.6 is 0 Å². The molecule has 5 heteroatoms. The van der Waals surface area contributed by atoms with Crippen molar-refractivity contribution in [2.24, 2.45) is 0 Å². The van der Waals surface area contributed by atoms with Gasteiger partial charge in [0.2, 0.25) is 0 Å². The van der Waals surface area contributed by atoms with E-state index < -0.39 is 5.97 Å². The van der Waals surface area contributed by atoms with Crippen LogP contribution in [0.2, 0.25) is 0 Å². The van der Waals surface area contributed by atoms with Crippen molar-refractivity contribution < 1.29 is 13.9 Å². The Morgan fingerprint density at radius 3 is 2.79 bits per heavy atom. The number of pyridine rings is 1. The van der Waals surface area contributed by atoms with Crippen LogP contribution in [0.4, 0.5) is 15.9 Å². The monoisotopic (exact) mass is 260 g/mol. The summed E-state index contributed by atoms with van der Waals surface area (Å²) >= 11 is 0. The number of ether oxygens (including phenoxy) is 1. The van der Waals surface area contributed by atoms with Gasteiger partial charge in [0.1, 0.15) is 11.6 Å². The molecule has 0 bridgehead atoms. The number of hydrogen-bond donors (Lipinski definition) is 1. The average molecular weight is 260 g/mol. The van der Waals surface area contributed by atoms with E-state index in [0.717, 1.165) is 0 Å². The quantitative estimate of drug-likeness (QED) is 0.862. The normalized spacial score (nSPS) is 10.1. The molecule has 0 spiro atoms. The minimum absolute atomic E-state index is 0.297. The molecule has 0 amide bonds. The van der Waals surface area contributed by atoms with Crippen molar-refractivity contribution in [3.63, 3.8) is 0 Å². The summed E-state index contributed by atoms with van der Waals surface area (Å²) in [4.78, 5) is 15.4. The maximum Gasteiger partial charge on any atom is 0.338 e. The molecule has 0 aliphatic rings. The lowest BCUT2D eigenvalue weighted by Gasteiger charge is -2.07. The van der Waals surface area contributed by atoms with E-state index in [2.05, 4.69) is 15.0 Å². The van der Waals surface area contributed by atoms with Crippen molar-refractivity contribution in [1.82, 2.24) is 4.98 Å². The summed E-state index contributed by atoms with van der Waals surface area (Å²) in [7, 11) is 1.31. The molecular weight excluding hydrogens is 247 g/mol. The van der Waals surface area contributed by atoms with Crippen molar-refractivity contribution >= 4 is 17.5 Å². The first-order valence-electron chi connectivity index (χ1n) is 5.67. The van der Waals surface area contributed by atoms with Gasteiger partial charge in [0.25, 0.3) is 0 Å². The molecule has 19 heavy (non-hydrogen) atoms. The van der Waals surface area contributed by atoms with Crippen LogP contribution in [0, 0.1) is 12.7 Å². The first-order chi connectivity index (χ1) is 9.10. The lowest BCUT2D eigenvalue weighted by molar-refractivity contribution is 0.0600. The van der Waals surface area contributed by atoms with Gasteiger partial charge in [-0.2, -0.15) is 0 Å². The highest BCUT2D eigenvalue weighted by molar-refractivity contribution is 5.90. The zero-order chi connectivity index (χ0) is 13.8. The Labute approximate surface area is 110 Å². The zero-order valence-corrected chi connectivity index (χ0v) is 10.6. The van der Waals surface area contributed by atoms with Crippen molar-refractivity contribution in [3.05, 3.63) is 53.5 Å². The van der Waals surface area contributed by atoms with E-state index >= 15 is 0 Å². The predicted octanol–water partition coefficient (Wildman–Crippen LogP) is 3.06. The van der Waals surface area contributed by atoms with E-state index in [1.165, 1.54) is 19.4 Å². The molecule has 0 atom stereocenters. The lowest BCUT2D eigenvalue weighted by atomic mass is 10.2. The standard InChI is InChI=1S/C14H13FN2O2/c1-9-3-4-11(8-12(9)15)17-13-7-10(5-6-16-13)14(18)19-2/h3-8H,1-2H3,(H,16,17). The van der Waals surface area contributed by atoms with E-state index in [-0.39, 0.29) is 5.82 Å². The summed E-state index contributed by atoms with van der Waals surface area (Å²) in [5.74, 6) is -0.291. The fourth-order valence-electron chi connectivity index (χ4n) is 1.56. The fourth-order valence-corrected chi connectivity index (χ4v) is 1.56. The Morgan fingerprint density at radius 1 is 1.32 bits per heavy atom. The molecule has 0 saturated heterocycles. The molecule has 2 rings (SSSR count). The van der Waals surface area contributed by atoms with Crippen molar-refractivity contribution in [2.75, 3.05) is 12.4 Å². The van der Waals surface area contributed by atoms with Crippen LogP contribution < -0.4 is 5.32 Å². The van der Waals surface area contributed by atoms with Crippen LogP contribution in [-0.2, 0) is 4.74 Å². The van der Waals surface area contributed by atoms with E-state index in [0.29, 0.717) is 22.6 Å². The first kappa shape index (κ1) is 13.0. The van der Waals surface area contributed by atoms with Gasteiger partial charge in [-0.25, -0.2) is 14.2 Å². The van der Waals surface area contributed by atoms with Crippen molar-refractivity contribution in [3.8, 4) is 0 Å².